The van der Waals surface area contributed by atoms with Gasteiger partial charge in [-0.15, -0.1) is 0 Å². The summed E-state index contributed by atoms with van der Waals surface area (Å²) < 4.78 is 5.00. The maximum absolute atomic E-state index is 12.5. The smallest absolute Gasteiger partial charge is 0.327 e. The first-order chi connectivity index (χ1) is 13.0. The fraction of sp³-hybridized carbons (Fsp3) is 0.250. The number of aromatic nitrogens is 2. The van der Waals surface area contributed by atoms with E-state index in [2.05, 4.69) is 9.97 Å². The van der Waals surface area contributed by atoms with Crippen molar-refractivity contribution >= 4 is 28.5 Å². The number of esters is 1. The zero-order valence-corrected chi connectivity index (χ0v) is 15.9. The van der Waals surface area contributed by atoms with E-state index >= 15 is 0 Å². The van der Waals surface area contributed by atoms with E-state index in [1.54, 1.807) is 36.4 Å². The molecule has 1 atom stereocenters. The molecule has 1 N–H and O–H groups in total. The third-order valence-corrected chi connectivity index (χ3v) is 4.75. The lowest BCUT2D eigenvalue weighted by atomic mass is 10.0. The summed E-state index contributed by atoms with van der Waals surface area (Å²) in [5.74, 6) is 0.0505. The highest BCUT2D eigenvalue weighted by molar-refractivity contribution is 6.31. The molecule has 6 nitrogen and oxygen atoms in total. The van der Waals surface area contributed by atoms with Crippen molar-refractivity contribution in [2.75, 3.05) is 13.7 Å². The molecule has 0 aliphatic heterocycles. The molecule has 3 rings (SSSR count). The molecule has 1 heterocycles. The van der Waals surface area contributed by atoms with Crippen LogP contribution < -0.4 is 5.56 Å². The molecule has 0 fully saturated rings. The van der Waals surface area contributed by atoms with E-state index in [0.717, 1.165) is 0 Å². The van der Waals surface area contributed by atoms with Gasteiger partial charge >= 0.3 is 5.97 Å². The van der Waals surface area contributed by atoms with Crippen molar-refractivity contribution in [1.82, 2.24) is 14.9 Å². The molecule has 0 aliphatic rings. The van der Waals surface area contributed by atoms with Crippen molar-refractivity contribution < 1.29 is 9.53 Å². The number of rotatable bonds is 6. The summed E-state index contributed by atoms with van der Waals surface area (Å²) in [7, 11) is 1.34. The molecule has 0 radical (unpaired) electrons. The van der Waals surface area contributed by atoms with Crippen LogP contribution in [0.5, 0.6) is 0 Å². The van der Waals surface area contributed by atoms with E-state index in [4.69, 9.17) is 16.3 Å². The maximum atomic E-state index is 12.5. The Morgan fingerprint density at radius 3 is 2.63 bits per heavy atom. The first-order valence-electron chi connectivity index (χ1n) is 8.59. The van der Waals surface area contributed by atoms with Crippen LogP contribution in [-0.4, -0.2) is 34.5 Å². The van der Waals surface area contributed by atoms with Gasteiger partial charge in [-0.3, -0.25) is 9.69 Å². The monoisotopic (exact) mass is 385 g/mol. The topological polar surface area (TPSA) is 75.3 Å². The Kier molecular flexibility index (Phi) is 5.88. The Morgan fingerprint density at radius 2 is 1.93 bits per heavy atom. The van der Waals surface area contributed by atoms with Crippen LogP contribution in [-0.2, 0) is 16.1 Å². The number of carbonyl (C=O) groups excluding carboxylic acids is 1. The molecule has 0 saturated carbocycles. The number of likely N-dealkylation sites (N-methyl/N-ethyl adjacent to an activating group) is 1. The van der Waals surface area contributed by atoms with Gasteiger partial charge in [-0.1, -0.05) is 48.9 Å². The molecular formula is C20H20ClN3O3. The molecule has 0 saturated heterocycles. The van der Waals surface area contributed by atoms with Crippen LogP contribution in [0, 0.1) is 0 Å². The highest BCUT2D eigenvalue weighted by atomic mass is 35.5. The third kappa shape index (κ3) is 4.02. The fourth-order valence-corrected chi connectivity index (χ4v) is 3.31. The van der Waals surface area contributed by atoms with Gasteiger partial charge in [0, 0.05) is 5.02 Å². The average Bonchev–Trinajstić information content (AvgIpc) is 2.68. The average molecular weight is 386 g/mol. The SMILES string of the molecule is CCN(Cc1nc2ccccc2c(=O)[nH]1)C(C(=O)OC)c1ccccc1Cl. The molecule has 0 bridgehead atoms. The summed E-state index contributed by atoms with van der Waals surface area (Å²) in [5.41, 5.74) is 1.05. The van der Waals surface area contributed by atoms with Gasteiger partial charge in [-0.05, 0) is 30.3 Å². The number of para-hydroxylation sites is 1. The fourth-order valence-electron chi connectivity index (χ4n) is 3.07. The molecule has 1 aromatic heterocycles. The number of H-pyrrole nitrogens is 1. The lowest BCUT2D eigenvalue weighted by molar-refractivity contribution is -0.147. The van der Waals surface area contributed by atoms with Gasteiger partial charge in [0.2, 0.25) is 0 Å². The molecule has 0 amide bonds. The van der Waals surface area contributed by atoms with E-state index in [0.29, 0.717) is 33.9 Å². The predicted octanol–water partition coefficient (Wildman–Crippen LogP) is 3.31. The van der Waals surface area contributed by atoms with Crippen LogP contribution in [0.25, 0.3) is 10.9 Å². The quantitative estimate of drug-likeness (QED) is 0.659. The molecular weight excluding hydrogens is 366 g/mol. The van der Waals surface area contributed by atoms with Crippen molar-refractivity contribution in [2.45, 2.75) is 19.5 Å². The highest BCUT2D eigenvalue weighted by Gasteiger charge is 2.30. The van der Waals surface area contributed by atoms with Crippen LogP contribution in [0.2, 0.25) is 5.02 Å². The van der Waals surface area contributed by atoms with E-state index in [1.807, 2.05) is 24.0 Å². The number of hydrogen-bond acceptors (Lipinski definition) is 5. The molecule has 2 aromatic carbocycles. The Bertz CT molecular complexity index is 1020. The van der Waals surface area contributed by atoms with Gasteiger partial charge in [-0.25, -0.2) is 9.78 Å². The van der Waals surface area contributed by atoms with Gasteiger partial charge in [0.15, 0.2) is 0 Å². The standard InChI is InChI=1S/C20H20ClN3O3/c1-3-24(18(20(26)27-2)13-8-4-6-10-15(13)21)12-17-22-16-11-7-5-9-14(16)19(25)23-17/h4-11,18H,3,12H2,1-2H3,(H,22,23,25). The molecule has 3 aromatic rings. The summed E-state index contributed by atoms with van der Waals surface area (Å²) in [6.07, 6.45) is 0. The summed E-state index contributed by atoms with van der Waals surface area (Å²) >= 11 is 6.32. The van der Waals surface area contributed by atoms with E-state index in [-0.39, 0.29) is 12.1 Å². The highest BCUT2D eigenvalue weighted by Crippen LogP contribution is 2.29. The lowest BCUT2D eigenvalue weighted by Crippen LogP contribution is -2.35. The van der Waals surface area contributed by atoms with Crippen molar-refractivity contribution in [3.8, 4) is 0 Å². The van der Waals surface area contributed by atoms with E-state index in [1.165, 1.54) is 7.11 Å². The summed E-state index contributed by atoms with van der Waals surface area (Å²) in [5, 5.41) is 1.01. The second kappa shape index (κ2) is 8.33. The summed E-state index contributed by atoms with van der Waals surface area (Å²) in [4.78, 5) is 34.0. The number of fused-ring (bicyclic) bond motifs is 1. The van der Waals surface area contributed by atoms with Crippen LogP contribution in [0.3, 0.4) is 0 Å². The summed E-state index contributed by atoms with van der Waals surface area (Å²) in [6, 6.07) is 13.6. The van der Waals surface area contributed by atoms with Crippen molar-refractivity contribution in [3.05, 3.63) is 75.3 Å². The summed E-state index contributed by atoms with van der Waals surface area (Å²) in [6.45, 7) is 2.72. The number of aromatic amines is 1. The number of nitrogens with zero attached hydrogens (tertiary/aromatic N) is 2. The largest absolute Gasteiger partial charge is 0.468 e. The van der Waals surface area contributed by atoms with Gasteiger partial charge in [0.05, 0.1) is 24.6 Å². The molecule has 140 valence electrons. The second-order valence-electron chi connectivity index (χ2n) is 6.04. The zero-order chi connectivity index (χ0) is 19.4. The molecule has 1 unspecified atom stereocenters. The van der Waals surface area contributed by atoms with Crippen LogP contribution in [0.4, 0.5) is 0 Å². The van der Waals surface area contributed by atoms with E-state index < -0.39 is 12.0 Å². The molecule has 27 heavy (non-hydrogen) atoms. The van der Waals surface area contributed by atoms with Gasteiger partial charge < -0.3 is 9.72 Å². The van der Waals surface area contributed by atoms with Crippen LogP contribution in [0.15, 0.2) is 53.3 Å². The zero-order valence-electron chi connectivity index (χ0n) is 15.1. The second-order valence-corrected chi connectivity index (χ2v) is 6.45. The van der Waals surface area contributed by atoms with Gasteiger partial charge in [0.25, 0.3) is 5.56 Å². The number of methoxy groups -OCH3 is 1. The normalized spacial score (nSPS) is 12.3. The number of ether oxygens (including phenoxy) is 1. The number of halogens is 1. The van der Waals surface area contributed by atoms with Gasteiger partial charge in [-0.2, -0.15) is 0 Å². The Hall–Kier alpha value is -2.70. The van der Waals surface area contributed by atoms with Crippen molar-refractivity contribution in [1.29, 1.82) is 0 Å². The maximum Gasteiger partial charge on any atom is 0.327 e. The van der Waals surface area contributed by atoms with Gasteiger partial charge in [0.1, 0.15) is 11.9 Å². The Morgan fingerprint density at radius 1 is 1.22 bits per heavy atom. The van der Waals surface area contributed by atoms with Crippen molar-refractivity contribution in [3.63, 3.8) is 0 Å². The Balaban J connectivity index is 2.00. The first kappa shape index (κ1) is 19.1. The van der Waals surface area contributed by atoms with E-state index in [9.17, 15) is 9.59 Å². The minimum Gasteiger partial charge on any atom is -0.468 e. The minimum absolute atomic E-state index is 0.209. The van der Waals surface area contributed by atoms with Crippen LogP contribution in [0.1, 0.15) is 24.4 Å². The number of carbonyl (C=O) groups is 1. The molecule has 0 spiro atoms. The van der Waals surface area contributed by atoms with Crippen molar-refractivity contribution in [2.24, 2.45) is 0 Å². The number of hydrogen-bond donors (Lipinski definition) is 1. The molecule has 7 heteroatoms. The Labute approximate surface area is 161 Å². The molecule has 0 aliphatic carbocycles. The predicted molar refractivity (Wildman–Crippen MR) is 105 cm³/mol. The number of nitrogens with one attached hydrogen (secondary N) is 1. The number of benzene rings is 2. The van der Waals surface area contributed by atoms with Crippen LogP contribution >= 0.6 is 11.6 Å². The first-order valence-corrected chi connectivity index (χ1v) is 8.97. The third-order valence-electron chi connectivity index (χ3n) is 4.41. The minimum atomic E-state index is -0.703. The lowest BCUT2D eigenvalue weighted by Gasteiger charge is -2.29.